The third-order valence-electron chi connectivity index (χ3n) is 8.24. The molecule has 0 heterocycles. The maximum absolute atomic E-state index is 11.6. The number of nitro benzene ring substituents is 1. The minimum atomic E-state index is -0.566. The molecule has 226 valence electrons. The van der Waals surface area contributed by atoms with Crippen LogP contribution < -0.4 is 26.7 Å². The highest BCUT2D eigenvalue weighted by Crippen LogP contribution is 2.49. The lowest BCUT2D eigenvalue weighted by Gasteiger charge is -2.14. The molecule has 0 unspecified atom stereocenters. The van der Waals surface area contributed by atoms with Crippen LogP contribution in [0.15, 0.2) is 84.9 Å². The van der Waals surface area contributed by atoms with Crippen LogP contribution in [-0.2, 0) is 20.4 Å². The molecule has 0 atom stereocenters. The van der Waals surface area contributed by atoms with Crippen molar-refractivity contribution in [1.29, 1.82) is 0 Å². The number of aryl methyl sites for hydroxylation is 2. The van der Waals surface area contributed by atoms with Gasteiger partial charge in [-0.05, 0) is 110 Å². The largest absolute Gasteiger partial charge is 0.457 e. The van der Waals surface area contributed by atoms with Gasteiger partial charge in [-0.25, -0.2) is 0 Å². The monoisotopic (exact) mass is 594 g/mol. The topological polar surface area (TPSA) is 174 Å². The number of nitrogens with two attached hydrogens (primary N) is 3. The second kappa shape index (κ2) is 11.7. The van der Waals surface area contributed by atoms with Crippen LogP contribution in [0.4, 0.5) is 11.4 Å². The molecule has 2 aliphatic carbocycles. The van der Waals surface area contributed by atoms with Crippen molar-refractivity contribution in [2.24, 2.45) is 11.5 Å². The SMILES string of the molecule is Cc1cc(N)ccc1Oc1cccc(C2(C(N)=O)CC2)c1.Cc1cc([N+](=O)[O-])ccc1Oc1cccc(C2(C(N)=O)CC2)c1. The number of primary amides is 2. The number of hydrogen-bond donors (Lipinski definition) is 3. The van der Waals surface area contributed by atoms with Crippen LogP contribution >= 0.6 is 0 Å². The fourth-order valence-corrected chi connectivity index (χ4v) is 5.22. The van der Waals surface area contributed by atoms with Crippen LogP contribution in [0.1, 0.15) is 47.9 Å². The van der Waals surface area contributed by atoms with Crippen molar-refractivity contribution < 1.29 is 24.0 Å². The summed E-state index contributed by atoms with van der Waals surface area (Å²) in [6.07, 6.45) is 3.13. The first-order chi connectivity index (χ1) is 20.9. The molecule has 2 saturated carbocycles. The maximum atomic E-state index is 11.6. The van der Waals surface area contributed by atoms with Crippen LogP contribution in [0.3, 0.4) is 0 Å². The zero-order valence-electron chi connectivity index (χ0n) is 24.5. The van der Waals surface area contributed by atoms with Gasteiger partial charge < -0.3 is 26.7 Å². The van der Waals surface area contributed by atoms with Crippen LogP contribution in [0.2, 0.25) is 0 Å². The summed E-state index contributed by atoms with van der Waals surface area (Å²) in [7, 11) is 0. The van der Waals surface area contributed by atoms with Gasteiger partial charge in [-0.2, -0.15) is 0 Å². The van der Waals surface area contributed by atoms with Crippen molar-refractivity contribution >= 4 is 23.2 Å². The van der Waals surface area contributed by atoms with Gasteiger partial charge in [-0.1, -0.05) is 24.3 Å². The Morgan fingerprint density at radius 2 is 1.16 bits per heavy atom. The van der Waals surface area contributed by atoms with Gasteiger partial charge in [0.05, 0.1) is 15.8 Å². The van der Waals surface area contributed by atoms with Gasteiger partial charge in [0.1, 0.15) is 23.0 Å². The quantitative estimate of drug-likeness (QED) is 0.119. The third-order valence-corrected chi connectivity index (χ3v) is 8.24. The molecule has 2 fully saturated rings. The second-order valence-electron chi connectivity index (χ2n) is 11.4. The number of nitrogens with zero attached hydrogens (tertiary/aromatic N) is 1. The summed E-state index contributed by atoms with van der Waals surface area (Å²) in [6, 6.07) is 24.8. The van der Waals surface area contributed by atoms with E-state index >= 15 is 0 Å². The molecular formula is C34H34N4O6. The number of non-ortho nitro benzene ring substituents is 1. The molecule has 4 aromatic rings. The predicted molar refractivity (Wildman–Crippen MR) is 167 cm³/mol. The molecule has 0 aromatic heterocycles. The average molecular weight is 595 g/mol. The van der Waals surface area contributed by atoms with E-state index in [0.29, 0.717) is 28.5 Å². The van der Waals surface area contributed by atoms with Crippen molar-refractivity contribution in [2.75, 3.05) is 5.73 Å². The van der Waals surface area contributed by atoms with Crippen molar-refractivity contribution in [2.45, 2.75) is 50.4 Å². The summed E-state index contributed by atoms with van der Waals surface area (Å²) in [5, 5.41) is 10.8. The number of nitro groups is 1. The van der Waals surface area contributed by atoms with Gasteiger partial charge in [0, 0.05) is 17.8 Å². The van der Waals surface area contributed by atoms with Crippen LogP contribution in [0.5, 0.6) is 23.0 Å². The standard InChI is InChI=1S/C17H16N2O4.C17H18N2O2/c1-11-9-13(19(21)22)5-6-15(11)23-14-4-2-3-12(10-14)17(7-8-17)16(18)20;1-11-9-13(18)5-6-15(11)21-14-4-2-3-12(10-14)17(7-8-17)16(19)20/h2-6,9-10H,7-8H2,1H3,(H2,18,20);2-6,9-10H,7-8,18H2,1H3,(H2,19,20). The lowest BCUT2D eigenvalue weighted by molar-refractivity contribution is -0.384. The zero-order valence-corrected chi connectivity index (χ0v) is 24.5. The van der Waals surface area contributed by atoms with E-state index in [0.717, 1.165) is 48.1 Å². The third kappa shape index (κ3) is 6.19. The van der Waals surface area contributed by atoms with E-state index in [-0.39, 0.29) is 17.5 Å². The lowest BCUT2D eigenvalue weighted by atomic mass is 9.95. The highest BCUT2D eigenvalue weighted by Gasteiger charge is 2.50. The van der Waals surface area contributed by atoms with Gasteiger partial charge in [0.15, 0.2) is 0 Å². The summed E-state index contributed by atoms with van der Waals surface area (Å²) in [5.74, 6) is 1.99. The number of benzene rings is 4. The van der Waals surface area contributed by atoms with E-state index in [1.165, 1.54) is 12.1 Å². The summed E-state index contributed by atoms with van der Waals surface area (Å²) < 4.78 is 11.7. The normalized spacial score (nSPS) is 15.2. The van der Waals surface area contributed by atoms with E-state index in [1.54, 1.807) is 31.2 Å². The highest BCUT2D eigenvalue weighted by atomic mass is 16.6. The zero-order chi connectivity index (χ0) is 31.6. The van der Waals surface area contributed by atoms with Crippen LogP contribution in [-0.4, -0.2) is 16.7 Å². The number of hydrogen-bond acceptors (Lipinski definition) is 7. The second-order valence-corrected chi connectivity index (χ2v) is 11.4. The van der Waals surface area contributed by atoms with Crippen molar-refractivity contribution in [3.8, 4) is 23.0 Å². The number of carbonyl (C=O) groups excluding carboxylic acids is 2. The fourth-order valence-electron chi connectivity index (χ4n) is 5.22. The first kappa shape index (κ1) is 30.1. The van der Waals surface area contributed by atoms with E-state index in [1.807, 2.05) is 55.5 Å². The highest BCUT2D eigenvalue weighted by molar-refractivity contribution is 5.90. The number of anilines is 1. The molecule has 44 heavy (non-hydrogen) atoms. The summed E-state index contributed by atoms with van der Waals surface area (Å²) in [5.41, 5.74) is 19.8. The average Bonchev–Trinajstić information content (AvgIpc) is 3.91. The van der Waals surface area contributed by atoms with E-state index in [2.05, 4.69) is 0 Å². The van der Waals surface area contributed by atoms with E-state index in [9.17, 15) is 19.7 Å². The summed E-state index contributed by atoms with van der Waals surface area (Å²) >= 11 is 0. The predicted octanol–water partition coefficient (Wildman–Crippen LogP) is 6.10. The Morgan fingerprint density at radius 1 is 0.705 bits per heavy atom. The number of ether oxygens (including phenoxy) is 2. The molecule has 2 amide bonds. The summed E-state index contributed by atoms with van der Waals surface area (Å²) in [4.78, 5) is 33.6. The Balaban J connectivity index is 0.000000175. The van der Waals surface area contributed by atoms with Gasteiger partial charge in [0.25, 0.3) is 5.69 Å². The van der Waals surface area contributed by atoms with Crippen molar-refractivity contribution in [3.63, 3.8) is 0 Å². The molecule has 6 rings (SSSR count). The van der Waals surface area contributed by atoms with Gasteiger partial charge >= 0.3 is 0 Å². The fraction of sp³-hybridized carbons (Fsp3) is 0.235. The Morgan fingerprint density at radius 3 is 1.55 bits per heavy atom. The molecular weight excluding hydrogens is 560 g/mol. The van der Waals surface area contributed by atoms with Crippen LogP contribution in [0.25, 0.3) is 0 Å². The van der Waals surface area contributed by atoms with Crippen molar-refractivity contribution in [1.82, 2.24) is 0 Å². The number of carbonyl (C=O) groups is 2. The minimum absolute atomic E-state index is 0.0225. The molecule has 0 bridgehead atoms. The Hall–Kier alpha value is -5.38. The van der Waals surface area contributed by atoms with Gasteiger partial charge in [0.2, 0.25) is 11.8 Å². The maximum Gasteiger partial charge on any atom is 0.269 e. The number of nitrogen functional groups attached to an aromatic ring is 1. The van der Waals surface area contributed by atoms with E-state index in [4.69, 9.17) is 26.7 Å². The molecule has 6 N–H and O–H groups in total. The molecule has 0 aliphatic heterocycles. The van der Waals surface area contributed by atoms with Crippen LogP contribution in [0, 0.1) is 24.0 Å². The lowest BCUT2D eigenvalue weighted by Crippen LogP contribution is -2.28. The number of amides is 2. The van der Waals surface area contributed by atoms with E-state index < -0.39 is 15.8 Å². The first-order valence-corrected chi connectivity index (χ1v) is 14.2. The molecule has 10 heteroatoms. The Kier molecular flexibility index (Phi) is 8.01. The minimum Gasteiger partial charge on any atom is -0.457 e. The van der Waals surface area contributed by atoms with Crippen molar-refractivity contribution in [3.05, 3.63) is 117 Å². The summed E-state index contributed by atoms with van der Waals surface area (Å²) in [6.45, 7) is 3.69. The molecule has 0 spiro atoms. The Labute approximate surface area is 254 Å². The molecule has 0 radical (unpaired) electrons. The molecule has 10 nitrogen and oxygen atoms in total. The molecule has 2 aliphatic rings. The Bertz CT molecular complexity index is 1760. The molecule has 4 aromatic carbocycles. The van der Waals surface area contributed by atoms with Gasteiger partial charge in [-0.15, -0.1) is 0 Å². The van der Waals surface area contributed by atoms with Gasteiger partial charge in [-0.3, -0.25) is 19.7 Å². The first-order valence-electron chi connectivity index (χ1n) is 14.2. The molecule has 0 saturated heterocycles. The smallest absolute Gasteiger partial charge is 0.269 e. The number of rotatable bonds is 9.